The van der Waals surface area contributed by atoms with Crippen LogP contribution in [0.3, 0.4) is 0 Å². The summed E-state index contributed by atoms with van der Waals surface area (Å²) in [5.74, 6) is 0. The van der Waals surface area contributed by atoms with E-state index in [1.54, 1.807) is 0 Å². The third-order valence-corrected chi connectivity index (χ3v) is 2.36. The molecule has 0 bridgehead atoms. The van der Waals surface area contributed by atoms with Crippen molar-refractivity contribution in [1.29, 1.82) is 0 Å². The molecule has 0 fully saturated rings. The second-order valence-corrected chi connectivity index (χ2v) is 3.46. The van der Waals surface area contributed by atoms with E-state index in [4.69, 9.17) is 0 Å². The van der Waals surface area contributed by atoms with Crippen molar-refractivity contribution in [2.45, 2.75) is 13.5 Å². The quantitative estimate of drug-likeness (QED) is 0.512. The van der Waals surface area contributed by atoms with Gasteiger partial charge in [0.25, 0.3) is 0 Å². The smallest absolute Gasteiger partial charge is 0.178 e. The standard InChI is InChI=1S/C13H14N.HI/c1-12-7-5-6-10-14(12)11-13-8-3-2-4-9-13;/h2-10H,11H2,1H3;1H/q+1;/p-1. The molecule has 2 aromatic rings. The third kappa shape index (κ3) is 3.30. The SMILES string of the molecule is Cc1cccc[n+]1Cc1ccccc1.[I-]. The molecule has 1 nitrogen and oxygen atoms in total. The van der Waals surface area contributed by atoms with E-state index in [0.717, 1.165) is 6.54 Å². The predicted molar refractivity (Wildman–Crippen MR) is 56.9 cm³/mol. The largest absolute Gasteiger partial charge is 1.00 e. The Labute approximate surface area is 108 Å². The summed E-state index contributed by atoms with van der Waals surface area (Å²) in [6, 6.07) is 16.8. The van der Waals surface area contributed by atoms with Crippen molar-refractivity contribution in [3.63, 3.8) is 0 Å². The molecule has 15 heavy (non-hydrogen) atoms. The summed E-state index contributed by atoms with van der Waals surface area (Å²) in [5, 5.41) is 0. The highest BCUT2D eigenvalue weighted by atomic mass is 127. The molecule has 0 aliphatic carbocycles. The van der Waals surface area contributed by atoms with E-state index in [-0.39, 0.29) is 24.0 Å². The Kier molecular flexibility index (Phi) is 4.75. The normalized spacial score (nSPS) is 9.40. The first-order valence-corrected chi connectivity index (χ1v) is 4.85. The lowest BCUT2D eigenvalue weighted by atomic mass is 10.2. The van der Waals surface area contributed by atoms with Gasteiger partial charge in [-0.05, 0) is 0 Å². The fraction of sp³-hybridized carbons (Fsp3) is 0.154. The first kappa shape index (κ1) is 12.2. The molecular formula is C13H14IN. The van der Waals surface area contributed by atoms with E-state index in [9.17, 15) is 0 Å². The lowest BCUT2D eigenvalue weighted by molar-refractivity contribution is -0.694. The highest BCUT2D eigenvalue weighted by Gasteiger charge is 2.04. The van der Waals surface area contributed by atoms with Gasteiger partial charge >= 0.3 is 0 Å². The zero-order valence-electron chi connectivity index (χ0n) is 8.73. The van der Waals surface area contributed by atoms with Crippen LogP contribution >= 0.6 is 0 Å². The lowest BCUT2D eigenvalue weighted by Crippen LogP contribution is -3.00. The van der Waals surface area contributed by atoms with Crippen LogP contribution in [-0.4, -0.2) is 0 Å². The zero-order chi connectivity index (χ0) is 9.80. The predicted octanol–water partition coefficient (Wildman–Crippen LogP) is -0.665. The van der Waals surface area contributed by atoms with Crippen molar-refractivity contribution in [3.05, 3.63) is 66.0 Å². The molecule has 0 saturated carbocycles. The van der Waals surface area contributed by atoms with Gasteiger partial charge in [-0.3, -0.25) is 0 Å². The minimum atomic E-state index is 0. The van der Waals surface area contributed by atoms with E-state index in [1.807, 2.05) is 6.07 Å². The van der Waals surface area contributed by atoms with Crippen molar-refractivity contribution in [3.8, 4) is 0 Å². The molecule has 2 heteroatoms. The number of rotatable bonds is 2. The average Bonchev–Trinajstić information content (AvgIpc) is 2.23. The van der Waals surface area contributed by atoms with Gasteiger partial charge in [0, 0.05) is 24.6 Å². The van der Waals surface area contributed by atoms with Gasteiger partial charge in [0.2, 0.25) is 0 Å². The summed E-state index contributed by atoms with van der Waals surface area (Å²) in [4.78, 5) is 0. The Morgan fingerprint density at radius 3 is 2.27 bits per heavy atom. The minimum absolute atomic E-state index is 0. The first-order chi connectivity index (χ1) is 6.86. The van der Waals surface area contributed by atoms with Crippen molar-refractivity contribution < 1.29 is 28.5 Å². The molecule has 0 radical (unpaired) electrons. The molecule has 78 valence electrons. The number of benzene rings is 1. The number of hydrogen-bond donors (Lipinski definition) is 0. The highest BCUT2D eigenvalue weighted by molar-refractivity contribution is 5.13. The number of aryl methyl sites for hydroxylation is 1. The molecule has 0 saturated heterocycles. The summed E-state index contributed by atoms with van der Waals surface area (Å²) in [7, 11) is 0. The van der Waals surface area contributed by atoms with Gasteiger partial charge in [0.05, 0.1) is 0 Å². The highest BCUT2D eigenvalue weighted by Crippen LogP contribution is 1.98. The topological polar surface area (TPSA) is 3.88 Å². The van der Waals surface area contributed by atoms with E-state index in [1.165, 1.54) is 11.3 Å². The van der Waals surface area contributed by atoms with Gasteiger partial charge in [-0.25, -0.2) is 0 Å². The molecule has 2 rings (SSSR count). The molecule has 0 aliphatic rings. The van der Waals surface area contributed by atoms with Crippen LogP contribution in [0.15, 0.2) is 54.7 Å². The Balaban J connectivity index is 0.00000112. The van der Waals surface area contributed by atoms with Crippen molar-refractivity contribution in [1.82, 2.24) is 0 Å². The van der Waals surface area contributed by atoms with Crippen molar-refractivity contribution in [2.75, 3.05) is 0 Å². The van der Waals surface area contributed by atoms with Crippen LogP contribution in [0.1, 0.15) is 11.3 Å². The van der Waals surface area contributed by atoms with Gasteiger partial charge in [-0.2, -0.15) is 4.57 Å². The van der Waals surface area contributed by atoms with E-state index < -0.39 is 0 Å². The van der Waals surface area contributed by atoms with E-state index >= 15 is 0 Å². The Hall–Kier alpha value is -0.900. The van der Waals surface area contributed by atoms with Crippen LogP contribution in [0.25, 0.3) is 0 Å². The van der Waals surface area contributed by atoms with Gasteiger partial charge in [0.15, 0.2) is 18.4 Å². The number of hydrogen-bond acceptors (Lipinski definition) is 0. The lowest BCUT2D eigenvalue weighted by Gasteiger charge is -1.99. The zero-order valence-corrected chi connectivity index (χ0v) is 10.9. The van der Waals surface area contributed by atoms with Crippen LogP contribution in [0, 0.1) is 6.92 Å². The van der Waals surface area contributed by atoms with Gasteiger partial charge < -0.3 is 24.0 Å². The summed E-state index contributed by atoms with van der Waals surface area (Å²) < 4.78 is 2.25. The Bertz CT molecular complexity index is 412. The minimum Gasteiger partial charge on any atom is -1.00 e. The van der Waals surface area contributed by atoms with Gasteiger partial charge in [-0.1, -0.05) is 36.4 Å². The molecule has 0 amide bonds. The summed E-state index contributed by atoms with van der Waals surface area (Å²) >= 11 is 0. The number of nitrogens with zero attached hydrogens (tertiary/aromatic N) is 1. The number of aromatic nitrogens is 1. The molecule has 1 aromatic heterocycles. The monoisotopic (exact) mass is 311 g/mol. The van der Waals surface area contributed by atoms with Crippen LogP contribution in [0.2, 0.25) is 0 Å². The summed E-state index contributed by atoms with van der Waals surface area (Å²) in [6.45, 7) is 3.08. The Morgan fingerprint density at radius 1 is 0.933 bits per heavy atom. The molecule has 0 spiro atoms. The van der Waals surface area contributed by atoms with Crippen LogP contribution in [0.4, 0.5) is 0 Å². The maximum absolute atomic E-state index is 2.25. The maximum atomic E-state index is 2.25. The molecule has 1 heterocycles. The third-order valence-electron chi connectivity index (χ3n) is 2.36. The second-order valence-electron chi connectivity index (χ2n) is 3.46. The number of halogens is 1. The van der Waals surface area contributed by atoms with Gasteiger partial charge in [0.1, 0.15) is 0 Å². The van der Waals surface area contributed by atoms with Crippen molar-refractivity contribution >= 4 is 0 Å². The molecule has 0 atom stereocenters. The van der Waals surface area contributed by atoms with Crippen LogP contribution in [-0.2, 0) is 6.54 Å². The average molecular weight is 311 g/mol. The second kappa shape index (κ2) is 5.85. The van der Waals surface area contributed by atoms with Crippen LogP contribution < -0.4 is 28.5 Å². The Morgan fingerprint density at radius 2 is 1.60 bits per heavy atom. The number of pyridine rings is 1. The molecule has 0 aliphatic heterocycles. The fourth-order valence-electron chi connectivity index (χ4n) is 1.52. The molecule has 0 unspecified atom stereocenters. The molecular weight excluding hydrogens is 297 g/mol. The van der Waals surface area contributed by atoms with Crippen LogP contribution in [0.5, 0.6) is 0 Å². The van der Waals surface area contributed by atoms with E-state index in [0.29, 0.717) is 0 Å². The molecule has 1 aromatic carbocycles. The van der Waals surface area contributed by atoms with E-state index in [2.05, 4.69) is 60.2 Å². The fourth-order valence-corrected chi connectivity index (χ4v) is 1.52. The summed E-state index contributed by atoms with van der Waals surface area (Å²) in [5.41, 5.74) is 2.63. The molecule has 0 N–H and O–H groups in total. The maximum Gasteiger partial charge on any atom is 0.178 e. The van der Waals surface area contributed by atoms with Gasteiger partial charge in [-0.15, -0.1) is 0 Å². The first-order valence-electron chi connectivity index (χ1n) is 4.85. The summed E-state index contributed by atoms with van der Waals surface area (Å²) in [6.07, 6.45) is 2.11. The van der Waals surface area contributed by atoms with Crippen molar-refractivity contribution in [2.24, 2.45) is 0 Å².